The van der Waals surface area contributed by atoms with Crippen LogP contribution in [0.1, 0.15) is 21.5 Å². The Bertz CT molecular complexity index is 1960. The van der Waals surface area contributed by atoms with Crippen molar-refractivity contribution in [1.82, 2.24) is 19.9 Å². The lowest BCUT2D eigenvalue weighted by atomic mass is 10.1. The van der Waals surface area contributed by atoms with Gasteiger partial charge in [0.25, 0.3) is 15.9 Å². The minimum absolute atomic E-state index is 0.144. The van der Waals surface area contributed by atoms with Gasteiger partial charge < -0.3 is 10.6 Å². The molecular weight excluding hydrogens is 710 g/mol. The van der Waals surface area contributed by atoms with E-state index < -0.39 is 33.4 Å². The van der Waals surface area contributed by atoms with Crippen LogP contribution in [-0.4, -0.2) is 34.3 Å². The standard InChI is InChI=1S/C29H21F3IN7O3S/c1-17-4-5-18(13-25(17)39-28-36-12-9-23(38-28)19-3-2-10-34-15-19)27(41)37-20-6-7-24(21(14-20)29(30,31)32)40-44(42,43)26-16-35-11-8-22(26)33/h2-16,40H,1H3,(H,37,41)(H,36,38,39). The van der Waals surface area contributed by atoms with Crippen molar-refractivity contribution >= 4 is 61.5 Å². The van der Waals surface area contributed by atoms with Crippen LogP contribution in [0.5, 0.6) is 0 Å². The van der Waals surface area contributed by atoms with Gasteiger partial charge >= 0.3 is 6.18 Å². The number of nitrogens with zero attached hydrogens (tertiary/aromatic N) is 4. The molecule has 0 aliphatic rings. The number of carbonyl (C=O) groups excluding carboxylic acids is 1. The van der Waals surface area contributed by atoms with E-state index in [2.05, 4.69) is 30.6 Å². The summed E-state index contributed by atoms with van der Waals surface area (Å²) in [7, 11) is -4.39. The molecule has 0 saturated heterocycles. The lowest BCUT2D eigenvalue weighted by Crippen LogP contribution is -2.19. The fourth-order valence-corrected chi connectivity index (χ4v) is 6.29. The molecule has 0 bridgehead atoms. The minimum atomic E-state index is -4.94. The van der Waals surface area contributed by atoms with Crippen LogP contribution in [0.3, 0.4) is 0 Å². The van der Waals surface area contributed by atoms with Crippen LogP contribution in [0, 0.1) is 10.5 Å². The molecule has 3 N–H and O–H groups in total. The molecule has 0 atom stereocenters. The van der Waals surface area contributed by atoms with Crippen LogP contribution in [-0.2, 0) is 16.2 Å². The number of rotatable bonds is 8. The molecular formula is C29H21F3IN7O3S. The van der Waals surface area contributed by atoms with Crippen molar-refractivity contribution in [1.29, 1.82) is 0 Å². The quantitative estimate of drug-likeness (QED) is 0.151. The lowest BCUT2D eigenvalue weighted by molar-refractivity contribution is -0.136. The average Bonchev–Trinajstić information content (AvgIpc) is 2.99. The molecule has 1 amide bonds. The van der Waals surface area contributed by atoms with Crippen molar-refractivity contribution in [2.24, 2.45) is 0 Å². The normalized spacial score (nSPS) is 11.6. The first-order valence-electron chi connectivity index (χ1n) is 12.7. The van der Waals surface area contributed by atoms with Crippen LogP contribution >= 0.6 is 22.6 Å². The summed E-state index contributed by atoms with van der Waals surface area (Å²) in [6, 6.07) is 14.3. The molecule has 5 aromatic rings. The van der Waals surface area contributed by atoms with Crippen LogP contribution in [0.25, 0.3) is 11.3 Å². The molecule has 0 spiro atoms. The fraction of sp³-hybridized carbons (Fsp3) is 0.0690. The second-order valence-electron chi connectivity index (χ2n) is 9.29. The topological polar surface area (TPSA) is 139 Å². The smallest absolute Gasteiger partial charge is 0.324 e. The predicted octanol–water partition coefficient (Wildman–Crippen LogP) is 6.66. The number of aryl methyl sites for hydroxylation is 1. The van der Waals surface area contributed by atoms with Gasteiger partial charge in [-0.3, -0.25) is 19.5 Å². The summed E-state index contributed by atoms with van der Waals surface area (Å²) in [6.07, 6.45) is 2.35. The molecule has 5 rings (SSSR count). The highest BCUT2D eigenvalue weighted by Crippen LogP contribution is 2.38. The zero-order valence-corrected chi connectivity index (χ0v) is 25.6. The number of benzene rings is 2. The number of hydrogen-bond donors (Lipinski definition) is 3. The maximum Gasteiger partial charge on any atom is 0.418 e. The highest BCUT2D eigenvalue weighted by atomic mass is 127. The SMILES string of the molecule is Cc1ccc(C(=O)Nc2ccc(NS(=O)(=O)c3cnccc3I)c(C(F)(F)F)c2)cc1Nc1nccc(-c2cccnc2)n1. The summed E-state index contributed by atoms with van der Waals surface area (Å²) in [6.45, 7) is 1.80. The Labute approximate surface area is 263 Å². The van der Waals surface area contributed by atoms with E-state index in [1.54, 1.807) is 66.3 Å². The number of alkyl halides is 3. The van der Waals surface area contributed by atoms with Crippen molar-refractivity contribution in [2.75, 3.05) is 15.4 Å². The lowest BCUT2D eigenvalue weighted by Gasteiger charge is -2.17. The van der Waals surface area contributed by atoms with Crippen molar-refractivity contribution < 1.29 is 26.4 Å². The average molecular weight is 731 g/mol. The monoisotopic (exact) mass is 731 g/mol. The number of halogens is 4. The van der Waals surface area contributed by atoms with Gasteiger partial charge in [-0.1, -0.05) is 6.07 Å². The maximum absolute atomic E-state index is 14.0. The van der Waals surface area contributed by atoms with Crippen molar-refractivity contribution in [3.63, 3.8) is 0 Å². The minimum Gasteiger partial charge on any atom is -0.324 e. The number of sulfonamides is 1. The van der Waals surface area contributed by atoms with Gasteiger partial charge in [-0.2, -0.15) is 13.2 Å². The number of anilines is 4. The zero-order chi connectivity index (χ0) is 31.5. The molecule has 0 radical (unpaired) electrons. The van der Waals surface area contributed by atoms with Gasteiger partial charge in [0.2, 0.25) is 5.95 Å². The summed E-state index contributed by atoms with van der Waals surface area (Å²) < 4.78 is 69.9. The van der Waals surface area contributed by atoms with Crippen LogP contribution in [0.4, 0.5) is 36.2 Å². The van der Waals surface area contributed by atoms with E-state index in [-0.39, 0.29) is 25.7 Å². The third-order valence-corrected chi connectivity index (χ3v) is 8.91. The molecule has 0 unspecified atom stereocenters. The third-order valence-electron chi connectivity index (χ3n) is 6.21. The Morgan fingerprint density at radius 2 is 1.70 bits per heavy atom. The maximum atomic E-state index is 14.0. The predicted molar refractivity (Wildman–Crippen MR) is 167 cm³/mol. The molecule has 3 aromatic heterocycles. The Morgan fingerprint density at radius 1 is 0.909 bits per heavy atom. The van der Waals surface area contributed by atoms with Crippen molar-refractivity contribution in [3.05, 3.63) is 112 Å². The number of amides is 1. The first-order chi connectivity index (χ1) is 20.9. The largest absolute Gasteiger partial charge is 0.418 e. The van der Waals surface area contributed by atoms with Gasteiger partial charge in [0.15, 0.2) is 0 Å². The Kier molecular flexibility index (Phi) is 8.78. The third kappa shape index (κ3) is 7.11. The molecule has 2 aromatic carbocycles. The first kappa shape index (κ1) is 30.8. The van der Waals surface area contributed by atoms with Gasteiger partial charge in [0.1, 0.15) is 4.90 Å². The Balaban J connectivity index is 1.37. The van der Waals surface area contributed by atoms with E-state index in [9.17, 15) is 26.4 Å². The van der Waals surface area contributed by atoms with E-state index >= 15 is 0 Å². The molecule has 15 heteroatoms. The van der Waals surface area contributed by atoms with Crippen LogP contribution in [0.2, 0.25) is 0 Å². The molecule has 44 heavy (non-hydrogen) atoms. The van der Waals surface area contributed by atoms with E-state index in [1.165, 1.54) is 30.5 Å². The molecule has 224 valence electrons. The fourth-order valence-electron chi connectivity index (χ4n) is 4.02. The zero-order valence-electron chi connectivity index (χ0n) is 22.6. The summed E-state index contributed by atoms with van der Waals surface area (Å²) in [5.41, 5.74) is 0.646. The second-order valence-corrected chi connectivity index (χ2v) is 12.1. The molecule has 0 aliphatic carbocycles. The van der Waals surface area contributed by atoms with Gasteiger partial charge in [-0.05, 0) is 89.7 Å². The highest BCUT2D eigenvalue weighted by molar-refractivity contribution is 14.1. The number of aromatic nitrogens is 4. The summed E-state index contributed by atoms with van der Waals surface area (Å²) in [4.78, 5) is 29.4. The number of pyridine rings is 2. The van der Waals surface area contributed by atoms with Gasteiger partial charge in [-0.25, -0.2) is 18.4 Å². The number of hydrogen-bond acceptors (Lipinski definition) is 8. The van der Waals surface area contributed by atoms with Crippen molar-refractivity contribution in [2.45, 2.75) is 18.0 Å². The van der Waals surface area contributed by atoms with Crippen molar-refractivity contribution in [3.8, 4) is 11.3 Å². The highest BCUT2D eigenvalue weighted by Gasteiger charge is 2.35. The molecule has 10 nitrogen and oxygen atoms in total. The molecule has 0 saturated carbocycles. The summed E-state index contributed by atoms with van der Waals surface area (Å²) in [5.74, 6) is -0.426. The number of nitrogens with one attached hydrogen (secondary N) is 3. The number of carbonyl (C=O) groups is 1. The van der Waals surface area contributed by atoms with E-state index in [0.29, 0.717) is 17.4 Å². The first-order valence-corrected chi connectivity index (χ1v) is 15.2. The summed E-state index contributed by atoms with van der Waals surface area (Å²) >= 11 is 1.75. The Hall–Kier alpha value is -4.64. The summed E-state index contributed by atoms with van der Waals surface area (Å²) in [5, 5.41) is 5.52. The van der Waals surface area contributed by atoms with Gasteiger partial charge in [-0.15, -0.1) is 0 Å². The van der Waals surface area contributed by atoms with E-state index in [4.69, 9.17) is 0 Å². The molecule has 0 aliphatic heterocycles. The molecule has 3 heterocycles. The Morgan fingerprint density at radius 3 is 2.43 bits per heavy atom. The van der Waals surface area contributed by atoms with E-state index in [1.807, 2.05) is 10.8 Å². The second kappa shape index (κ2) is 12.5. The van der Waals surface area contributed by atoms with Crippen LogP contribution in [0.15, 0.2) is 96.5 Å². The van der Waals surface area contributed by atoms with Gasteiger partial charge in [0.05, 0.1) is 16.9 Å². The molecule has 0 fully saturated rings. The van der Waals surface area contributed by atoms with Gasteiger partial charge in [0, 0.05) is 57.1 Å². The van der Waals surface area contributed by atoms with E-state index in [0.717, 1.165) is 23.4 Å². The van der Waals surface area contributed by atoms with Crippen LogP contribution < -0.4 is 15.4 Å².